The van der Waals surface area contributed by atoms with E-state index >= 15 is 0 Å². The molecule has 2 aromatic rings. The minimum absolute atomic E-state index is 0. The molecule has 2 amide bonds. The number of likely N-dealkylation sites (N-methyl/N-ethyl adjacent to an activating group) is 1. The Morgan fingerprint density at radius 2 is 2.00 bits per heavy atom. The number of carbonyl (C=O) groups excluding carboxylic acids is 2. The van der Waals surface area contributed by atoms with Crippen molar-refractivity contribution in [1.29, 1.82) is 0 Å². The van der Waals surface area contributed by atoms with Crippen LogP contribution < -0.4 is 16.0 Å². The molecule has 1 atom stereocenters. The van der Waals surface area contributed by atoms with Crippen LogP contribution in [0.1, 0.15) is 18.5 Å². The number of amides is 2. The molecule has 0 saturated carbocycles. The van der Waals surface area contributed by atoms with Gasteiger partial charge in [-0.15, -0.1) is 12.4 Å². The normalized spacial score (nSPS) is 11.3. The molecule has 1 unspecified atom stereocenters. The van der Waals surface area contributed by atoms with Crippen molar-refractivity contribution in [3.63, 3.8) is 0 Å². The first kappa shape index (κ1) is 20.0. The highest BCUT2D eigenvalue weighted by Gasteiger charge is 2.21. The molecule has 0 radical (unpaired) electrons. The zero-order valence-corrected chi connectivity index (χ0v) is 15.0. The van der Waals surface area contributed by atoms with Crippen LogP contribution >= 0.6 is 24.0 Å². The first-order chi connectivity index (χ1) is 10.9. The molecule has 1 aromatic heterocycles. The summed E-state index contributed by atoms with van der Waals surface area (Å²) in [4.78, 5) is 23.5. The largest absolute Gasteiger partial charge is 0.326 e. The van der Waals surface area contributed by atoms with E-state index in [2.05, 4.69) is 21.0 Å². The third kappa shape index (κ3) is 4.95. The Bertz CT molecular complexity index is 732. The maximum Gasteiger partial charge on any atom is 0.246 e. The summed E-state index contributed by atoms with van der Waals surface area (Å²) in [5.41, 5.74) is 1.78. The topological polar surface area (TPSA) is 88.1 Å². The first-order valence-corrected chi connectivity index (χ1v) is 7.32. The summed E-state index contributed by atoms with van der Waals surface area (Å²) < 4.78 is 1.63. The fourth-order valence-corrected chi connectivity index (χ4v) is 2.37. The van der Waals surface area contributed by atoms with E-state index in [1.165, 1.54) is 6.92 Å². The number of aromatic nitrogens is 2. The predicted molar refractivity (Wildman–Crippen MR) is 96.6 cm³/mol. The van der Waals surface area contributed by atoms with E-state index in [4.69, 9.17) is 11.6 Å². The van der Waals surface area contributed by atoms with E-state index in [9.17, 15) is 9.59 Å². The van der Waals surface area contributed by atoms with Crippen LogP contribution in [0.25, 0.3) is 0 Å². The van der Waals surface area contributed by atoms with Gasteiger partial charge in [-0.05, 0) is 25.2 Å². The summed E-state index contributed by atoms with van der Waals surface area (Å²) >= 11 is 6.15. The van der Waals surface area contributed by atoms with E-state index in [0.717, 1.165) is 5.56 Å². The molecule has 3 N–H and O–H groups in total. The van der Waals surface area contributed by atoms with Gasteiger partial charge in [0.25, 0.3) is 0 Å². The Labute approximate surface area is 151 Å². The zero-order valence-electron chi connectivity index (χ0n) is 13.5. The standard InChI is InChI=1S/C15H18ClN5O2.ClH/c1-9(22)19-11-4-5-13(12(16)6-11)20-15(23)14(17-2)10-7-18-21(3)8-10;/h4-8,14,17H,1-3H3,(H,19,22)(H,20,23);1H. The molecule has 0 spiro atoms. The highest BCUT2D eigenvalue weighted by atomic mass is 35.5. The van der Waals surface area contributed by atoms with Crippen molar-refractivity contribution in [2.24, 2.45) is 7.05 Å². The Morgan fingerprint density at radius 1 is 1.29 bits per heavy atom. The average molecular weight is 372 g/mol. The number of carbonyl (C=O) groups is 2. The summed E-state index contributed by atoms with van der Waals surface area (Å²) in [5.74, 6) is -0.445. The number of nitrogens with one attached hydrogen (secondary N) is 3. The van der Waals surface area contributed by atoms with Crippen LogP contribution in [-0.4, -0.2) is 28.6 Å². The second kappa shape index (κ2) is 8.68. The lowest BCUT2D eigenvalue weighted by Crippen LogP contribution is -2.30. The van der Waals surface area contributed by atoms with E-state index in [0.29, 0.717) is 16.4 Å². The highest BCUT2D eigenvalue weighted by molar-refractivity contribution is 6.34. The van der Waals surface area contributed by atoms with Crippen molar-refractivity contribution in [3.05, 3.63) is 41.2 Å². The molecule has 2 rings (SSSR count). The number of hydrogen-bond donors (Lipinski definition) is 3. The van der Waals surface area contributed by atoms with Gasteiger partial charge in [-0.2, -0.15) is 5.10 Å². The van der Waals surface area contributed by atoms with Crippen molar-refractivity contribution < 1.29 is 9.59 Å². The number of hydrogen-bond acceptors (Lipinski definition) is 4. The Hall–Kier alpha value is -2.09. The van der Waals surface area contributed by atoms with Crippen LogP contribution in [0.5, 0.6) is 0 Å². The van der Waals surface area contributed by atoms with Crippen molar-refractivity contribution in [2.75, 3.05) is 17.7 Å². The SMILES string of the molecule is CNC(C(=O)Nc1ccc(NC(C)=O)cc1Cl)c1cnn(C)c1.Cl. The number of halogens is 2. The third-order valence-corrected chi connectivity index (χ3v) is 3.47. The first-order valence-electron chi connectivity index (χ1n) is 6.94. The lowest BCUT2D eigenvalue weighted by Gasteiger charge is -2.15. The Balaban J connectivity index is 0.00000288. The quantitative estimate of drug-likeness (QED) is 0.752. The second-order valence-electron chi connectivity index (χ2n) is 5.03. The van der Waals surface area contributed by atoms with Crippen LogP contribution in [0.4, 0.5) is 11.4 Å². The van der Waals surface area contributed by atoms with Gasteiger partial charge >= 0.3 is 0 Å². The number of anilines is 2. The molecular formula is C15H19Cl2N5O2. The van der Waals surface area contributed by atoms with E-state index < -0.39 is 6.04 Å². The fourth-order valence-electron chi connectivity index (χ4n) is 2.14. The highest BCUT2D eigenvalue weighted by Crippen LogP contribution is 2.26. The molecule has 0 aliphatic carbocycles. The van der Waals surface area contributed by atoms with Gasteiger partial charge in [-0.25, -0.2) is 0 Å². The second-order valence-corrected chi connectivity index (χ2v) is 5.44. The molecule has 9 heteroatoms. The van der Waals surface area contributed by atoms with Gasteiger partial charge < -0.3 is 16.0 Å². The Kier molecular flexibility index (Phi) is 7.21. The number of aryl methyl sites for hydroxylation is 1. The summed E-state index contributed by atoms with van der Waals surface area (Å²) in [6, 6.07) is 4.34. The third-order valence-electron chi connectivity index (χ3n) is 3.16. The lowest BCUT2D eigenvalue weighted by molar-refractivity contribution is -0.118. The van der Waals surface area contributed by atoms with Crippen LogP contribution in [0.3, 0.4) is 0 Å². The van der Waals surface area contributed by atoms with Gasteiger partial charge in [0.2, 0.25) is 11.8 Å². The van der Waals surface area contributed by atoms with E-state index in [1.54, 1.807) is 49.4 Å². The number of rotatable bonds is 5. The van der Waals surface area contributed by atoms with Gasteiger partial charge in [0.05, 0.1) is 16.9 Å². The van der Waals surface area contributed by atoms with Gasteiger partial charge in [-0.1, -0.05) is 11.6 Å². The summed E-state index contributed by atoms with van der Waals surface area (Å²) in [5, 5.41) is 12.7. The summed E-state index contributed by atoms with van der Waals surface area (Å²) in [7, 11) is 3.48. The molecule has 0 bridgehead atoms. The van der Waals surface area contributed by atoms with Crippen LogP contribution in [0.2, 0.25) is 5.02 Å². The molecule has 0 saturated heterocycles. The number of benzene rings is 1. The number of nitrogens with zero attached hydrogens (tertiary/aromatic N) is 2. The van der Waals surface area contributed by atoms with Crippen LogP contribution in [0, 0.1) is 0 Å². The Morgan fingerprint density at radius 3 is 2.50 bits per heavy atom. The van der Waals surface area contributed by atoms with E-state index in [-0.39, 0.29) is 24.2 Å². The molecule has 1 heterocycles. The molecule has 24 heavy (non-hydrogen) atoms. The molecular weight excluding hydrogens is 353 g/mol. The lowest BCUT2D eigenvalue weighted by atomic mass is 10.1. The maximum atomic E-state index is 12.4. The predicted octanol–water partition coefficient (Wildman–Crippen LogP) is 2.35. The van der Waals surface area contributed by atoms with E-state index in [1.807, 2.05) is 0 Å². The van der Waals surface area contributed by atoms with Crippen molar-refractivity contribution >= 4 is 47.2 Å². The van der Waals surface area contributed by atoms with Gasteiger partial charge in [0, 0.05) is 31.4 Å². The maximum absolute atomic E-state index is 12.4. The molecule has 0 fully saturated rings. The average Bonchev–Trinajstić information content (AvgIpc) is 2.88. The monoisotopic (exact) mass is 371 g/mol. The van der Waals surface area contributed by atoms with Crippen LogP contribution in [-0.2, 0) is 16.6 Å². The van der Waals surface area contributed by atoms with Gasteiger partial charge in [0.15, 0.2) is 0 Å². The van der Waals surface area contributed by atoms with Gasteiger partial charge in [-0.3, -0.25) is 14.3 Å². The minimum Gasteiger partial charge on any atom is -0.326 e. The van der Waals surface area contributed by atoms with Gasteiger partial charge in [0.1, 0.15) is 6.04 Å². The fraction of sp³-hybridized carbons (Fsp3) is 0.267. The molecule has 1 aromatic carbocycles. The zero-order chi connectivity index (χ0) is 17.0. The molecule has 130 valence electrons. The van der Waals surface area contributed by atoms with Crippen LogP contribution in [0.15, 0.2) is 30.6 Å². The molecule has 0 aliphatic heterocycles. The summed E-state index contributed by atoms with van der Waals surface area (Å²) in [6.45, 7) is 1.41. The van der Waals surface area contributed by atoms with Crippen molar-refractivity contribution in [1.82, 2.24) is 15.1 Å². The summed E-state index contributed by atoms with van der Waals surface area (Å²) in [6.07, 6.45) is 3.39. The van der Waals surface area contributed by atoms with Crippen molar-refractivity contribution in [2.45, 2.75) is 13.0 Å². The smallest absolute Gasteiger partial charge is 0.246 e. The van der Waals surface area contributed by atoms with Crippen molar-refractivity contribution in [3.8, 4) is 0 Å². The minimum atomic E-state index is -0.546. The molecule has 0 aliphatic rings. The molecule has 7 nitrogen and oxygen atoms in total.